The number of allylic oxidation sites excluding steroid dienone is 2. The van der Waals surface area contributed by atoms with E-state index in [1.165, 1.54) is 21.8 Å². The van der Waals surface area contributed by atoms with Crippen molar-refractivity contribution in [3.8, 4) is 0 Å². The number of aromatic amines is 1. The molecule has 0 saturated heterocycles. The molecule has 0 spiro atoms. The molecule has 4 rings (SSSR count). The van der Waals surface area contributed by atoms with Crippen molar-refractivity contribution >= 4 is 27.5 Å². The van der Waals surface area contributed by atoms with Crippen LogP contribution >= 0.6 is 0 Å². The van der Waals surface area contributed by atoms with E-state index in [0.29, 0.717) is 5.92 Å². The number of hydrogen-bond acceptors (Lipinski definition) is 1. The molecule has 0 bridgehead atoms. The van der Waals surface area contributed by atoms with E-state index in [-0.39, 0.29) is 5.54 Å². The molecule has 0 radical (unpaired) electrons. The Bertz CT molecular complexity index is 900. The summed E-state index contributed by atoms with van der Waals surface area (Å²) in [6.07, 6.45) is 8.74. The molecule has 2 nitrogen and oxygen atoms in total. The molecule has 1 aliphatic carbocycles. The molecule has 0 fully saturated rings. The second-order valence-electron chi connectivity index (χ2n) is 6.34. The summed E-state index contributed by atoms with van der Waals surface area (Å²) in [7, 11) is 0. The summed E-state index contributed by atoms with van der Waals surface area (Å²) in [6, 6.07) is 14.9. The third kappa shape index (κ3) is 1.95. The molecule has 2 aromatic carbocycles. The van der Waals surface area contributed by atoms with Crippen LogP contribution in [0.2, 0.25) is 0 Å². The molecule has 0 amide bonds. The van der Waals surface area contributed by atoms with Gasteiger partial charge in [-0.05, 0) is 19.1 Å². The Labute approximate surface area is 130 Å². The fraction of sp³-hybridized carbons (Fsp3) is 0.200. The fourth-order valence-corrected chi connectivity index (χ4v) is 3.26. The van der Waals surface area contributed by atoms with Gasteiger partial charge in [0.2, 0.25) is 0 Å². The Hall–Kier alpha value is -2.48. The fourth-order valence-electron chi connectivity index (χ4n) is 3.26. The minimum Gasteiger partial charge on any atom is -0.374 e. The van der Waals surface area contributed by atoms with Gasteiger partial charge in [0, 0.05) is 22.2 Å². The van der Waals surface area contributed by atoms with Crippen LogP contribution < -0.4 is 5.32 Å². The number of anilines is 1. The second-order valence-corrected chi connectivity index (χ2v) is 6.34. The molecule has 2 N–H and O–H groups in total. The number of rotatable bonds is 2. The number of nitrogens with one attached hydrogen (secondary N) is 2. The highest BCUT2D eigenvalue weighted by molar-refractivity contribution is 6.11. The third-order valence-electron chi connectivity index (χ3n) is 4.84. The molecular weight excluding hydrogens is 268 g/mol. The lowest BCUT2D eigenvalue weighted by Gasteiger charge is -2.35. The molecule has 110 valence electrons. The van der Waals surface area contributed by atoms with E-state index >= 15 is 0 Å². The number of hydrogen-bond donors (Lipinski definition) is 2. The maximum atomic E-state index is 3.74. The highest BCUT2D eigenvalue weighted by Crippen LogP contribution is 2.34. The largest absolute Gasteiger partial charge is 0.374 e. The van der Waals surface area contributed by atoms with Crippen LogP contribution in [-0.2, 0) is 0 Å². The van der Waals surface area contributed by atoms with Crippen LogP contribution in [0.1, 0.15) is 13.8 Å². The maximum absolute atomic E-state index is 3.74. The summed E-state index contributed by atoms with van der Waals surface area (Å²) < 4.78 is 0. The van der Waals surface area contributed by atoms with E-state index in [0.717, 1.165) is 5.69 Å². The first-order valence-electron chi connectivity index (χ1n) is 7.81. The molecule has 1 aromatic heterocycles. The molecule has 22 heavy (non-hydrogen) atoms. The Morgan fingerprint density at radius 1 is 1.00 bits per heavy atom. The first-order valence-corrected chi connectivity index (χ1v) is 7.81. The molecule has 0 aliphatic heterocycles. The average Bonchev–Trinajstić information content (AvgIpc) is 2.91. The van der Waals surface area contributed by atoms with E-state index in [9.17, 15) is 0 Å². The monoisotopic (exact) mass is 288 g/mol. The highest BCUT2D eigenvalue weighted by Gasteiger charge is 2.28. The highest BCUT2D eigenvalue weighted by atomic mass is 15.0. The van der Waals surface area contributed by atoms with E-state index < -0.39 is 0 Å². The van der Waals surface area contributed by atoms with Crippen LogP contribution in [0.5, 0.6) is 0 Å². The number of aromatic nitrogens is 1. The Morgan fingerprint density at radius 2 is 1.82 bits per heavy atom. The number of para-hydroxylation sites is 2. The molecule has 0 saturated carbocycles. The first-order chi connectivity index (χ1) is 10.7. The Balaban J connectivity index is 1.85. The minimum atomic E-state index is -0.0691. The topological polar surface area (TPSA) is 27.8 Å². The lowest BCUT2D eigenvalue weighted by molar-refractivity contribution is 0.494. The Morgan fingerprint density at radius 3 is 2.68 bits per heavy atom. The molecule has 2 atom stereocenters. The zero-order chi connectivity index (χ0) is 15.2. The van der Waals surface area contributed by atoms with Crippen molar-refractivity contribution in [2.75, 3.05) is 5.32 Å². The zero-order valence-electron chi connectivity index (χ0n) is 12.9. The summed E-state index contributed by atoms with van der Waals surface area (Å²) in [5, 5.41) is 6.29. The predicted molar refractivity (Wildman–Crippen MR) is 95.3 cm³/mol. The number of benzene rings is 2. The molecule has 2 unspecified atom stereocenters. The van der Waals surface area contributed by atoms with E-state index in [4.69, 9.17) is 0 Å². The van der Waals surface area contributed by atoms with Gasteiger partial charge in [0.05, 0.1) is 16.7 Å². The lowest BCUT2D eigenvalue weighted by Crippen LogP contribution is -2.39. The van der Waals surface area contributed by atoms with Crippen molar-refractivity contribution in [2.45, 2.75) is 19.4 Å². The van der Waals surface area contributed by atoms with Crippen LogP contribution in [-0.4, -0.2) is 10.5 Å². The lowest BCUT2D eigenvalue weighted by atomic mass is 9.83. The number of fused-ring (bicyclic) bond motifs is 3. The molecule has 1 aliphatic rings. The van der Waals surface area contributed by atoms with E-state index in [2.05, 4.69) is 90.9 Å². The van der Waals surface area contributed by atoms with Gasteiger partial charge in [-0.3, -0.25) is 0 Å². The zero-order valence-corrected chi connectivity index (χ0v) is 12.9. The van der Waals surface area contributed by atoms with Crippen molar-refractivity contribution < 1.29 is 0 Å². The Kier molecular flexibility index (Phi) is 2.86. The van der Waals surface area contributed by atoms with Gasteiger partial charge in [0.1, 0.15) is 0 Å². The van der Waals surface area contributed by atoms with E-state index in [1.54, 1.807) is 0 Å². The second kappa shape index (κ2) is 4.77. The van der Waals surface area contributed by atoms with Crippen molar-refractivity contribution in [1.82, 2.24) is 4.98 Å². The van der Waals surface area contributed by atoms with Gasteiger partial charge in [-0.2, -0.15) is 0 Å². The summed E-state index contributed by atoms with van der Waals surface area (Å²) >= 11 is 0. The minimum absolute atomic E-state index is 0.0691. The quantitative estimate of drug-likeness (QED) is 0.662. The maximum Gasteiger partial charge on any atom is 0.0700 e. The van der Waals surface area contributed by atoms with Crippen LogP contribution in [0.4, 0.5) is 5.69 Å². The van der Waals surface area contributed by atoms with Gasteiger partial charge < -0.3 is 10.3 Å². The van der Waals surface area contributed by atoms with Gasteiger partial charge in [0.15, 0.2) is 0 Å². The van der Waals surface area contributed by atoms with Crippen LogP contribution in [0.15, 0.2) is 66.8 Å². The van der Waals surface area contributed by atoms with Crippen molar-refractivity contribution in [2.24, 2.45) is 5.92 Å². The summed E-state index contributed by atoms with van der Waals surface area (Å²) in [6.45, 7) is 4.50. The van der Waals surface area contributed by atoms with Gasteiger partial charge in [-0.15, -0.1) is 0 Å². The van der Waals surface area contributed by atoms with Crippen LogP contribution in [0.3, 0.4) is 0 Å². The number of H-pyrrole nitrogens is 1. The molecule has 1 heterocycles. The normalized spacial score (nSPS) is 24.2. The smallest absolute Gasteiger partial charge is 0.0700 e. The molecule has 3 aromatic rings. The molecule has 2 heteroatoms. The first kappa shape index (κ1) is 13.2. The van der Waals surface area contributed by atoms with Crippen molar-refractivity contribution in [3.05, 3.63) is 66.8 Å². The van der Waals surface area contributed by atoms with Gasteiger partial charge in [0.25, 0.3) is 0 Å². The van der Waals surface area contributed by atoms with Crippen molar-refractivity contribution in [1.29, 1.82) is 0 Å². The van der Waals surface area contributed by atoms with Crippen molar-refractivity contribution in [3.63, 3.8) is 0 Å². The van der Waals surface area contributed by atoms with E-state index in [1.807, 2.05) is 0 Å². The SMILES string of the molecule is CC1C=CC=CC1(C)Nc1cccc2c1[nH]c1ccccc12. The third-order valence-corrected chi connectivity index (χ3v) is 4.84. The average molecular weight is 288 g/mol. The summed E-state index contributed by atoms with van der Waals surface area (Å²) in [4.78, 5) is 3.56. The standard InChI is InChI=1S/C20H20N2/c1-14-8-5-6-13-20(14,2)22-18-12-7-10-16-15-9-3-4-11-17(15)21-19(16)18/h3-14,21-22H,1-2H3. The summed E-state index contributed by atoms with van der Waals surface area (Å²) in [5.41, 5.74) is 3.45. The van der Waals surface area contributed by atoms with Crippen LogP contribution in [0, 0.1) is 5.92 Å². The predicted octanol–water partition coefficient (Wildman–Crippen LogP) is 5.25. The summed E-state index contributed by atoms with van der Waals surface area (Å²) in [5.74, 6) is 0.442. The van der Waals surface area contributed by atoms with Gasteiger partial charge >= 0.3 is 0 Å². The van der Waals surface area contributed by atoms with Gasteiger partial charge in [-0.1, -0.05) is 61.6 Å². The van der Waals surface area contributed by atoms with Gasteiger partial charge in [-0.25, -0.2) is 0 Å². The molecular formula is C20H20N2. The van der Waals surface area contributed by atoms with Crippen LogP contribution in [0.25, 0.3) is 21.8 Å².